The molecule has 0 fully saturated rings. The largest absolute Gasteiger partial charge is 0.281 e. The molecule has 1 heterocycles. The SMILES string of the molecule is CC(C(=O)Cl)C1(C)CC=CS1. The molecule has 2 atom stereocenters. The van der Waals surface area contributed by atoms with Gasteiger partial charge in [0.1, 0.15) is 0 Å². The van der Waals surface area contributed by atoms with Gasteiger partial charge in [-0.2, -0.15) is 0 Å². The summed E-state index contributed by atoms with van der Waals surface area (Å²) >= 11 is 7.11. The van der Waals surface area contributed by atoms with Gasteiger partial charge in [-0.3, -0.25) is 4.79 Å². The fourth-order valence-electron chi connectivity index (χ4n) is 1.05. The van der Waals surface area contributed by atoms with Gasteiger partial charge in [-0.05, 0) is 30.4 Å². The van der Waals surface area contributed by atoms with Gasteiger partial charge in [0.05, 0.1) is 0 Å². The molecular formula is C8H11ClOS. The van der Waals surface area contributed by atoms with Gasteiger partial charge in [-0.15, -0.1) is 11.8 Å². The Balaban J connectivity index is 2.65. The van der Waals surface area contributed by atoms with Gasteiger partial charge < -0.3 is 0 Å². The average Bonchev–Trinajstić information content (AvgIpc) is 2.35. The summed E-state index contributed by atoms with van der Waals surface area (Å²) in [5.41, 5.74) is 0. The molecule has 0 bridgehead atoms. The van der Waals surface area contributed by atoms with Crippen LogP contribution >= 0.6 is 23.4 Å². The number of carbonyl (C=O) groups is 1. The fourth-order valence-corrected chi connectivity index (χ4v) is 2.37. The van der Waals surface area contributed by atoms with Crippen molar-refractivity contribution in [2.45, 2.75) is 25.0 Å². The van der Waals surface area contributed by atoms with E-state index in [1.165, 1.54) is 0 Å². The van der Waals surface area contributed by atoms with Gasteiger partial charge >= 0.3 is 0 Å². The Bertz CT molecular complexity index is 192. The lowest BCUT2D eigenvalue weighted by Gasteiger charge is -2.27. The van der Waals surface area contributed by atoms with E-state index in [-0.39, 0.29) is 15.9 Å². The zero-order valence-corrected chi connectivity index (χ0v) is 8.21. The van der Waals surface area contributed by atoms with Crippen molar-refractivity contribution in [3.8, 4) is 0 Å². The molecule has 62 valence electrons. The Morgan fingerprint density at radius 2 is 2.45 bits per heavy atom. The van der Waals surface area contributed by atoms with E-state index in [0.717, 1.165) is 6.42 Å². The molecule has 0 aliphatic carbocycles. The van der Waals surface area contributed by atoms with Gasteiger partial charge in [0.15, 0.2) is 0 Å². The minimum Gasteiger partial charge on any atom is -0.281 e. The third-order valence-electron chi connectivity index (χ3n) is 2.21. The summed E-state index contributed by atoms with van der Waals surface area (Å²) in [5, 5.41) is 1.81. The number of thioether (sulfide) groups is 1. The van der Waals surface area contributed by atoms with E-state index in [9.17, 15) is 4.79 Å². The molecule has 0 radical (unpaired) electrons. The molecule has 1 rings (SSSR count). The maximum atomic E-state index is 10.9. The van der Waals surface area contributed by atoms with Gasteiger partial charge in [-0.25, -0.2) is 0 Å². The summed E-state index contributed by atoms with van der Waals surface area (Å²) < 4.78 is -0.00116. The van der Waals surface area contributed by atoms with Crippen LogP contribution in [0.5, 0.6) is 0 Å². The summed E-state index contributed by atoms with van der Waals surface area (Å²) in [6.07, 6.45) is 3.03. The molecule has 1 aliphatic heterocycles. The molecule has 1 nitrogen and oxygen atoms in total. The maximum absolute atomic E-state index is 10.9. The maximum Gasteiger partial charge on any atom is 0.225 e. The summed E-state index contributed by atoms with van der Waals surface area (Å²) in [5.74, 6) is -0.0656. The second-order valence-electron chi connectivity index (χ2n) is 3.03. The highest BCUT2D eigenvalue weighted by atomic mass is 35.5. The van der Waals surface area contributed by atoms with Crippen LogP contribution in [0.15, 0.2) is 11.5 Å². The monoisotopic (exact) mass is 190 g/mol. The molecule has 11 heavy (non-hydrogen) atoms. The van der Waals surface area contributed by atoms with Gasteiger partial charge in [0.25, 0.3) is 0 Å². The average molecular weight is 191 g/mol. The van der Waals surface area contributed by atoms with Crippen molar-refractivity contribution >= 4 is 28.6 Å². The molecule has 0 amide bonds. The lowest BCUT2D eigenvalue weighted by Crippen LogP contribution is -2.30. The highest BCUT2D eigenvalue weighted by Gasteiger charge is 2.36. The number of carbonyl (C=O) groups excluding carboxylic acids is 1. The number of allylic oxidation sites excluding steroid dienone is 1. The highest BCUT2D eigenvalue weighted by Crippen LogP contribution is 2.42. The number of rotatable bonds is 2. The normalized spacial score (nSPS) is 32.3. The zero-order chi connectivity index (χ0) is 8.48. The minimum atomic E-state index is -0.233. The van der Waals surface area contributed by atoms with Crippen molar-refractivity contribution in [3.05, 3.63) is 11.5 Å². The minimum absolute atomic E-state index is 0.00116. The first-order chi connectivity index (χ1) is 5.06. The van der Waals surface area contributed by atoms with Crippen molar-refractivity contribution in [1.82, 2.24) is 0 Å². The molecule has 1 aliphatic rings. The number of halogens is 1. The Kier molecular flexibility index (Phi) is 2.66. The van der Waals surface area contributed by atoms with Crippen molar-refractivity contribution in [2.75, 3.05) is 0 Å². The van der Waals surface area contributed by atoms with E-state index in [1.54, 1.807) is 11.8 Å². The molecule has 2 unspecified atom stereocenters. The van der Waals surface area contributed by atoms with Crippen LogP contribution in [0, 0.1) is 5.92 Å². The molecule has 0 N–H and O–H groups in total. The second-order valence-corrected chi connectivity index (χ2v) is 4.85. The zero-order valence-electron chi connectivity index (χ0n) is 6.63. The summed E-state index contributed by atoms with van der Waals surface area (Å²) in [7, 11) is 0. The van der Waals surface area contributed by atoms with E-state index < -0.39 is 0 Å². The molecule has 3 heteroatoms. The Morgan fingerprint density at radius 1 is 1.82 bits per heavy atom. The number of hydrogen-bond acceptors (Lipinski definition) is 2. The summed E-state index contributed by atoms with van der Waals surface area (Å²) in [4.78, 5) is 10.9. The molecule has 0 spiro atoms. The van der Waals surface area contributed by atoms with Crippen LogP contribution in [0.3, 0.4) is 0 Å². The van der Waals surface area contributed by atoms with Gasteiger partial charge in [0.2, 0.25) is 5.24 Å². The van der Waals surface area contributed by atoms with E-state index in [1.807, 2.05) is 12.3 Å². The van der Waals surface area contributed by atoms with Crippen LogP contribution in [0.4, 0.5) is 0 Å². The van der Waals surface area contributed by atoms with Crippen LogP contribution in [0.25, 0.3) is 0 Å². The van der Waals surface area contributed by atoms with Crippen LogP contribution in [0.2, 0.25) is 0 Å². The predicted molar refractivity (Wildman–Crippen MR) is 49.8 cm³/mol. The van der Waals surface area contributed by atoms with Gasteiger partial charge in [-0.1, -0.05) is 13.0 Å². The summed E-state index contributed by atoms with van der Waals surface area (Å²) in [6, 6.07) is 0. The van der Waals surface area contributed by atoms with Crippen LogP contribution in [0.1, 0.15) is 20.3 Å². The van der Waals surface area contributed by atoms with Gasteiger partial charge in [0, 0.05) is 10.7 Å². The lowest BCUT2D eigenvalue weighted by atomic mass is 9.93. The van der Waals surface area contributed by atoms with Crippen molar-refractivity contribution in [3.63, 3.8) is 0 Å². The highest BCUT2D eigenvalue weighted by molar-refractivity contribution is 8.03. The molecule has 0 aromatic rings. The number of hydrogen-bond donors (Lipinski definition) is 0. The van der Waals surface area contributed by atoms with Crippen LogP contribution < -0.4 is 0 Å². The Labute approximate surface area is 76.2 Å². The predicted octanol–water partition coefficient (Wildman–Crippen LogP) is 2.80. The van der Waals surface area contributed by atoms with Crippen LogP contribution in [-0.4, -0.2) is 9.99 Å². The van der Waals surface area contributed by atoms with E-state index in [2.05, 4.69) is 13.0 Å². The summed E-state index contributed by atoms with van der Waals surface area (Å²) in [6.45, 7) is 3.96. The van der Waals surface area contributed by atoms with Crippen molar-refractivity contribution in [1.29, 1.82) is 0 Å². The molecule has 0 saturated heterocycles. The molecule has 0 aromatic heterocycles. The van der Waals surface area contributed by atoms with Crippen molar-refractivity contribution in [2.24, 2.45) is 5.92 Å². The van der Waals surface area contributed by atoms with Crippen molar-refractivity contribution < 1.29 is 4.79 Å². The Morgan fingerprint density at radius 3 is 2.82 bits per heavy atom. The van der Waals surface area contributed by atoms with E-state index in [4.69, 9.17) is 11.6 Å². The topological polar surface area (TPSA) is 17.1 Å². The van der Waals surface area contributed by atoms with E-state index >= 15 is 0 Å². The quantitative estimate of drug-likeness (QED) is 0.623. The lowest BCUT2D eigenvalue weighted by molar-refractivity contribution is -0.115. The molecule has 0 saturated carbocycles. The fraction of sp³-hybridized carbons (Fsp3) is 0.625. The standard InChI is InChI=1S/C8H11ClOS/c1-6(7(9)10)8(2)4-3-5-11-8/h3,5-6H,4H2,1-2H3. The molecular weight excluding hydrogens is 180 g/mol. The molecule has 0 aromatic carbocycles. The Hall–Kier alpha value is 0.0500. The smallest absolute Gasteiger partial charge is 0.225 e. The van der Waals surface area contributed by atoms with E-state index in [0.29, 0.717) is 0 Å². The second kappa shape index (κ2) is 3.20. The third kappa shape index (κ3) is 1.79. The van der Waals surface area contributed by atoms with Crippen LogP contribution in [-0.2, 0) is 4.79 Å². The first kappa shape index (κ1) is 9.14. The third-order valence-corrected chi connectivity index (χ3v) is 3.93. The first-order valence-electron chi connectivity index (χ1n) is 3.58. The first-order valence-corrected chi connectivity index (χ1v) is 4.84.